The molecular formula is C13H13NO5. The first-order valence-corrected chi connectivity index (χ1v) is 5.36. The Bertz CT molecular complexity index is 522. The summed E-state index contributed by atoms with van der Waals surface area (Å²) in [6.45, 7) is 1.20. The number of esters is 1. The van der Waals surface area contributed by atoms with Crippen LogP contribution in [-0.2, 0) is 14.3 Å². The number of nitrogens with one attached hydrogen (secondary N) is 1. The van der Waals surface area contributed by atoms with Crippen molar-refractivity contribution in [2.45, 2.75) is 6.92 Å². The molecule has 6 heteroatoms. The van der Waals surface area contributed by atoms with Gasteiger partial charge < -0.3 is 9.47 Å². The van der Waals surface area contributed by atoms with Gasteiger partial charge in [-0.15, -0.1) is 0 Å². The van der Waals surface area contributed by atoms with Crippen LogP contribution in [0.1, 0.15) is 17.3 Å². The summed E-state index contributed by atoms with van der Waals surface area (Å²) >= 11 is 0. The van der Waals surface area contributed by atoms with Crippen molar-refractivity contribution in [1.82, 2.24) is 5.32 Å². The Labute approximate surface area is 110 Å². The minimum Gasteiger partial charge on any atom is -0.496 e. The van der Waals surface area contributed by atoms with E-state index in [1.165, 1.54) is 20.1 Å². The first-order chi connectivity index (χ1) is 9.04. The highest BCUT2D eigenvalue weighted by Gasteiger charge is 2.11. The molecule has 1 N–H and O–H groups in total. The zero-order valence-electron chi connectivity index (χ0n) is 10.5. The van der Waals surface area contributed by atoms with Gasteiger partial charge in [-0.1, -0.05) is 12.1 Å². The molecule has 0 heterocycles. The van der Waals surface area contributed by atoms with E-state index in [9.17, 15) is 14.4 Å². The van der Waals surface area contributed by atoms with Crippen LogP contribution in [0.3, 0.4) is 0 Å². The molecule has 1 aromatic rings. The van der Waals surface area contributed by atoms with E-state index < -0.39 is 17.8 Å². The molecule has 0 saturated heterocycles. The van der Waals surface area contributed by atoms with Crippen LogP contribution >= 0.6 is 0 Å². The summed E-state index contributed by atoms with van der Waals surface area (Å²) < 4.78 is 9.75. The van der Waals surface area contributed by atoms with Crippen molar-refractivity contribution < 1.29 is 23.9 Å². The number of benzene rings is 1. The molecule has 0 atom stereocenters. The monoisotopic (exact) mass is 263 g/mol. The van der Waals surface area contributed by atoms with Crippen molar-refractivity contribution in [2.75, 3.05) is 7.11 Å². The fourth-order valence-corrected chi connectivity index (χ4v) is 1.25. The van der Waals surface area contributed by atoms with Crippen LogP contribution in [0.25, 0.3) is 0 Å². The highest BCUT2D eigenvalue weighted by atomic mass is 16.5. The van der Waals surface area contributed by atoms with Gasteiger partial charge in [0.25, 0.3) is 5.91 Å². The van der Waals surface area contributed by atoms with Gasteiger partial charge in [0, 0.05) is 13.0 Å². The Balaban J connectivity index is 2.63. The molecule has 0 aliphatic heterocycles. The maximum Gasteiger partial charge on any atom is 0.346 e. The van der Waals surface area contributed by atoms with Crippen LogP contribution < -0.4 is 10.1 Å². The summed E-state index contributed by atoms with van der Waals surface area (Å²) in [4.78, 5) is 33.3. The topological polar surface area (TPSA) is 81.7 Å². The van der Waals surface area contributed by atoms with E-state index in [1.54, 1.807) is 18.2 Å². The van der Waals surface area contributed by atoms with Gasteiger partial charge in [-0.3, -0.25) is 14.9 Å². The first-order valence-electron chi connectivity index (χ1n) is 5.36. The molecule has 0 fully saturated rings. The van der Waals surface area contributed by atoms with Gasteiger partial charge >= 0.3 is 5.97 Å². The summed E-state index contributed by atoms with van der Waals surface area (Å²) in [5.74, 6) is -1.45. The largest absolute Gasteiger partial charge is 0.496 e. The Kier molecular flexibility index (Phi) is 5.28. The fourth-order valence-electron chi connectivity index (χ4n) is 1.25. The maximum absolute atomic E-state index is 11.7. The Hall–Kier alpha value is -2.63. The lowest BCUT2D eigenvalue weighted by Crippen LogP contribution is -2.25. The van der Waals surface area contributed by atoms with Crippen molar-refractivity contribution in [3.63, 3.8) is 0 Å². The van der Waals surface area contributed by atoms with Crippen molar-refractivity contribution in [3.05, 3.63) is 42.2 Å². The van der Waals surface area contributed by atoms with Gasteiger partial charge in [0.2, 0.25) is 5.91 Å². The molecule has 0 saturated carbocycles. The van der Waals surface area contributed by atoms with Gasteiger partial charge in [-0.25, -0.2) is 4.79 Å². The summed E-state index contributed by atoms with van der Waals surface area (Å²) in [6.07, 6.45) is 1.85. The average Bonchev–Trinajstić information content (AvgIpc) is 2.37. The molecule has 0 aromatic heterocycles. The molecule has 2 amide bonds. The van der Waals surface area contributed by atoms with Crippen LogP contribution in [0.5, 0.6) is 5.75 Å². The molecule has 0 aliphatic carbocycles. The number of hydrogen-bond acceptors (Lipinski definition) is 5. The zero-order valence-corrected chi connectivity index (χ0v) is 10.5. The second kappa shape index (κ2) is 6.95. The Morgan fingerprint density at radius 1 is 1.21 bits per heavy atom. The zero-order chi connectivity index (χ0) is 14.3. The number of imide groups is 1. The van der Waals surface area contributed by atoms with Crippen molar-refractivity contribution >= 4 is 17.8 Å². The van der Waals surface area contributed by atoms with E-state index in [0.717, 1.165) is 12.3 Å². The SMILES string of the molecule is COc1ccccc1C(=O)OC=CC(=O)NC(C)=O. The normalized spacial score (nSPS) is 10.0. The van der Waals surface area contributed by atoms with Crippen LogP contribution in [0.15, 0.2) is 36.6 Å². The van der Waals surface area contributed by atoms with Gasteiger partial charge in [-0.05, 0) is 12.1 Å². The highest BCUT2D eigenvalue weighted by Crippen LogP contribution is 2.18. The van der Waals surface area contributed by atoms with E-state index in [-0.39, 0.29) is 5.56 Å². The fraction of sp³-hybridized carbons (Fsp3) is 0.154. The predicted octanol–water partition coefficient (Wildman–Crippen LogP) is 1.03. The van der Waals surface area contributed by atoms with Gasteiger partial charge in [0.05, 0.1) is 7.11 Å². The standard InChI is InChI=1S/C13H13NO5/c1-9(15)14-12(16)7-8-19-13(17)10-5-3-4-6-11(10)18-2/h3-8H,1-2H3,(H,14,15,16). The molecule has 0 radical (unpaired) electrons. The minimum absolute atomic E-state index is 0.238. The number of ether oxygens (including phenoxy) is 2. The molecule has 0 spiro atoms. The van der Waals surface area contributed by atoms with Crippen LogP contribution in [0.4, 0.5) is 0 Å². The molecule has 19 heavy (non-hydrogen) atoms. The van der Waals surface area contributed by atoms with Crippen LogP contribution in [-0.4, -0.2) is 24.9 Å². The van der Waals surface area contributed by atoms with E-state index in [1.807, 2.05) is 5.32 Å². The average molecular weight is 263 g/mol. The van der Waals surface area contributed by atoms with E-state index in [2.05, 4.69) is 0 Å². The van der Waals surface area contributed by atoms with Gasteiger partial charge in [0.15, 0.2) is 0 Å². The number of carbonyl (C=O) groups excluding carboxylic acids is 3. The maximum atomic E-state index is 11.7. The van der Waals surface area contributed by atoms with Crippen molar-refractivity contribution in [3.8, 4) is 5.75 Å². The molecule has 0 bridgehead atoms. The first kappa shape index (κ1) is 14.4. The number of rotatable bonds is 4. The number of hydrogen-bond donors (Lipinski definition) is 1. The quantitative estimate of drug-likeness (QED) is 0.498. The van der Waals surface area contributed by atoms with E-state index in [0.29, 0.717) is 5.75 Å². The van der Waals surface area contributed by atoms with E-state index >= 15 is 0 Å². The Morgan fingerprint density at radius 2 is 1.89 bits per heavy atom. The lowest BCUT2D eigenvalue weighted by atomic mass is 10.2. The van der Waals surface area contributed by atoms with Gasteiger partial charge in [-0.2, -0.15) is 0 Å². The number of methoxy groups -OCH3 is 1. The lowest BCUT2D eigenvalue weighted by molar-refractivity contribution is -0.126. The van der Waals surface area contributed by atoms with E-state index in [4.69, 9.17) is 9.47 Å². The second-order valence-electron chi connectivity index (χ2n) is 3.45. The van der Waals surface area contributed by atoms with Crippen molar-refractivity contribution in [1.29, 1.82) is 0 Å². The lowest BCUT2D eigenvalue weighted by Gasteiger charge is -2.05. The molecule has 0 aliphatic rings. The van der Waals surface area contributed by atoms with Crippen LogP contribution in [0, 0.1) is 0 Å². The van der Waals surface area contributed by atoms with Crippen LogP contribution in [0.2, 0.25) is 0 Å². The third kappa shape index (κ3) is 4.63. The molecule has 100 valence electrons. The smallest absolute Gasteiger partial charge is 0.346 e. The minimum atomic E-state index is -0.666. The third-order valence-electron chi connectivity index (χ3n) is 2.02. The molecule has 1 aromatic carbocycles. The van der Waals surface area contributed by atoms with Crippen molar-refractivity contribution in [2.24, 2.45) is 0 Å². The number of para-hydroxylation sites is 1. The number of amides is 2. The Morgan fingerprint density at radius 3 is 2.53 bits per heavy atom. The number of carbonyl (C=O) groups is 3. The second-order valence-corrected chi connectivity index (χ2v) is 3.45. The summed E-state index contributed by atoms with van der Waals surface area (Å²) in [6, 6.07) is 6.52. The molecular weight excluding hydrogens is 250 g/mol. The predicted molar refractivity (Wildman–Crippen MR) is 66.4 cm³/mol. The summed E-state index contributed by atoms with van der Waals surface area (Å²) in [5, 5.41) is 2.00. The summed E-state index contributed by atoms with van der Waals surface area (Å²) in [5.41, 5.74) is 0.238. The molecule has 0 unspecified atom stereocenters. The third-order valence-corrected chi connectivity index (χ3v) is 2.02. The molecule has 1 rings (SSSR count). The highest BCUT2D eigenvalue weighted by molar-refractivity contribution is 6.00. The summed E-state index contributed by atoms with van der Waals surface area (Å²) in [7, 11) is 1.43. The van der Waals surface area contributed by atoms with Gasteiger partial charge in [0.1, 0.15) is 17.6 Å². The molecule has 6 nitrogen and oxygen atoms in total.